The molecule has 2 aromatic carbocycles. The number of furan rings is 1. The van der Waals surface area contributed by atoms with E-state index in [1.807, 2.05) is 39.0 Å². The molecule has 6 rings (SSSR count). The maximum atomic E-state index is 13.1. The van der Waals surface area contributed by atoms with E-state index in [1.165, 1.54) is 45.2 Å². The molecule has 4 heterocycles. The fourth-order valence-corrected chi connectivity index (χ4v) is 7.01. The number of nitrogens with one attached hydrogen (secondary N) is 1. The summed E-state index contributed by atoms with van der Waals surface area (Å²) < 4.78 is 12.0. The molecule has 39 heavy (non-hydrogen) atoms. The van der Waals surface area contributed by atoms with E-state index in [1.54, 1.807) is 0 Å². The van der Waals surface area contributed by atoms with Crippen molar-refractivity contribution in [2.24, 2.45) is 5.92 Å². The van der Waals surface area contributed by atoms with Gasteiger partial charge in [-0.15, -0.1) is 0 Å². The second kappa shape index (κ2) is 10.6. The molecular weight excluding hydrogens is 488 g/mol. The Kier molecular flexibility index (Phi) is 7.06. The summed E-state index contributed by atoms with van der Waals surface area (Å²) in [6, 6.07) is 12.9. The zero-order valence-corrected chi connectivity index (χ0v) is 23.3. The third-order valence-electron chi connectivity index (χ3n) is 9.09. The summed E-state index contributed by atoms with van der Waals surface area (Å²) in [4.78, 5) is 28.6. The molecule has 2 fully saturated rings. The molecule has 0 spiro atoms. The molecular formula is C33H38N2O4. The number of piperidine rings is 2. The molecule has 2 aliphatic heterocycles. The Labute approximate surface area is 229 Å². The van der Waals surface area contributed by atoms with Crippen LogP contribution in [0.1, 0.15) is 61.0 Å². The minimum Gasteiger partial charge on any atom is -0.460 e. The van der Waals surface area contributed by atoms with Crippen LogP contribution in [0, 0.1) is 26.7 Å². The first-order valence-corrected chi connectivity index (χ1v) is 14.5. The van der Waals surface area contributed by atoms with Gasteiger partial charge in [0, 0.05) is 46.5 Å². The Morgan fingerprint density at radius 3 is 2.54 bits per heavy atom. The van der Waals surface area contributed by atoms with Crippen LogP contribution in [0.15, 0.2) is 50.0 Å². The van der Waals surface area contributed by atoms with Gasteiger partial charge in [0.05, 0.1) is 0 Å². The van der Waals surface area contributed by atoms with Crippen molar-refractivity contribution in [3.8, 4) is 11.1 Å². The molecule has 2 aromatic heterocycles. The summed E-state index contributed by atoms with van der Waals surface area (Å²) in [5, 5.41) is 5.09. The maximum Gasteiger partial charge on any atom is 0.339 e. The van der Waals surface area contributed by atoms with E-state index in [0.29, 0.717) is 29.5 Å². The molecule has 0 aliphatic carbocycles. The first kappa shape index (κ1) is 25.9. The molecule has 6 nitrogen and oxygen atoms in total. The first-order chi connectivity index (χ1) is 18.9. The average Bonchev–Trinajstić information content (AvgIpc) is 3.29. The van der Waals surface area contributed by atoms with Crippen LogP contribution in [-0.2, 0) is 11.2 Å². The number of benzene rings is 2. The quantitative estimate of drug-likeness (QED) is 0.293. The van der Waals surface area contributed by atoms with Gasteiger partial charge in [-0.05, 0) is 89.1 Å². The Morgan fingerprint density at radius 2 is 1.72 bits per heavy atom. The largest absolute Gasteiger partial charge is 0.460 e. The number of rotatable bonds is 6. The van der Waals surface area contributed by atoms with Gasteiger partial charge in [0.2, 0.25) is 5.91 Å². The highest BCUT2D eigenvalue weighted by Crippen LogP contribution is 2.39. The van der Waals surface area contributed by atoms with Crippen molar-refractivity contribution in [3.63, 3.8) is 0 Å². The number of amides is 1. The standard InChI is InChI=1S/C33H38N2O4/c1-20-25(14-15-29(36)34-19-24-12-9-17-35-16-8-7-13-28(24)35)33(37)39-31-21(2)32-27(18-26(20)31)30(22(3)38-32)23-10-5-4-6-11-23/h4-6,10-11,18,24,28H,7-9,12-17,19H2,1-3H3,(H,34,36). The SMILES string of the molecule is Cc1oc2c(C)c3oc(=O)c(CCC(=O)NCC4CCCN5CCCCC45)c(C)c3cc2c1-c1ccccc1. The first-order valence-electron chi connectivity index (χ1n) is 14.5. The molecule has 6 heteroatoms. The van der Waals surface area contributed by atoms with Crippen molar-refractivity contribution in [2.75, 3.05) is 19.6 Å². The molecule has 2 aliphatic rings. The third-order valence-corrected chi connectivity index (χ3v) is 9.09. The minimum absolute atomic E-state index is 0.00489. The van der Waals surface area contributed by atoms with E-state index >= 15 is 0 Å². The lowest BCUT2D eigenvalue weighted by Gasteiger charge is -2.44. The second-order valence-corrected chi connectivity index (χ2v) is 11.5. The highest BCUT2D eigenvalue weighted by atomic mass is 16.4. The molecule has 1 amide bonds. The monoisotopic (exact) mass is 526 g/mol. The van der Waals surface area contributed by atoms with Crippen LogP contribution in [0.5, 0.6) is 0 Å². The van der Waals surface area contributed by atoms with E-state index in [4.69, 9.17) is 8.83 Å². The highest BCUT2D eigenvalue weighted by Gasteiger charge is 2.33. The van der Waals surface area contributed by atoms with Gasteiger partial charge in [-0.2, -0.15) is 0 Å². The lowest BCUT2D eigenvalue weighted by atomic mass is 9.83. The van der Waals surface area contributed by atoms with Gasteiger partial charge in [0.25, 0.3) is 0 Å². The average molecular weight is 527 g/mol. The number of carbonyl (C=O) groups excluding carboxylic acids is 1. The number of aryl methyl sites for hydroxylation is 3. The Morgan fingerprint density at radius 1 is 0.949 bits per heavy atom. The molecule has 2 atom stereocenters. The van der Waals surface area contributed by atoms with E-state index in [-0.39, 0.29) is 18.0 Å². The second-order valence-electron chi connectivity index (χ2n) is 11.5. The van der Waals surface area contributed by atoms with Crippen molar-refractivity contribution in [1.29, 1.82) is 0 Å². The van der Waals surface area contributed by atoms with Crippen molar-refractivity contribution >= 4 is 27.8 Å². The molecule has 204 valence electrons. The summed E-state index contributed by atoms with van der Waals surface area (Å²) in [6.07, 6.45) is 6.86. The van der Waals surface area contributed by atoms with Gasteiger partial charge in [-0.1, -0.05) is 36.8 Å². The Hall–Kier alpha value is -3.38. The van der Waals surface area contributed by atoms with Crippen LogP contribution >= 0.6 is 0 Å². The van der Waals surface area contributed by atoms with Gasteiger partial charge in [-0.25, -0.2) is 4.79 Å². The van der Waals surface area contributed by atoms with Crippen LogP contribution in [-0.4, -0.2) is 36.5 Å². The molecule has 2 unspecified atom stereocenters. The highest BCUT2D eigenvalue weighted by molar-refractivity contribution is 6.05. The van der Waals surface area contributed by atoms with E-state index in [0.717, 1.165) is 50.9 Å². The summed E-state index contributed by atoms with van der Waals surface area (Å²) in [7, 11) is 0. The molecule has 2 saturated heterocycles. The predicted octanol–water partition coefficient (Wildman–Crippen LogP) is 6.44. The van der Waals surface area contributed by atoms with Crippen LogP contribution in [0.3, 0.4) is 0 Å². The zero-order chi connectivity index (χ0) is 27.1. The molecule has 0 saturated carbocycles. The number of hydrogen-bond donors (Lipinski definition) is 1. The lowest BCUT2D eigenvalue weighted by Crippen LogP contribution is -2.51. The summed E-state index contributed by atoms with van der Waals surface area (Å²) in [6.45, 7) is 9.00. The fourth-order valence-electron chi connectivity index (χ4n) is 7.01. The van der Waals surface area contributed by atoms with Crippen molar-refractivity contribution in [1.82, 2.24) is 10.2 Å². The van der Waals surface area contributed by atoms with E-state index in [2.05, 4.69) is 28.4 Å². The summed E-state index contributed by atoms with van der Waals surface area (Å²) in [5.74, 6) is 1.36. The molecule has 4 aromatic rings. The number of carbonyl (C=O) groups is 1. The summed E-state index contributed by atoms with van der Waals surface area (Å²) in [5.41, 5.74) is 5.35. The lowest BCUT2D eigenvalue weighted by molar-refractivity contribution is -0.121. The molecule has 1 N–H and O–H groups in total. The number of hydrogen-bond acceptors (Lipinski definition) is 5. The number of nitrogens with zero attached hydrogens (tertiary/aromatic N) is 1. The van der Waals surface area contributed by atoms with Gasteiger partial charge >= 0.3 is 5.63 Å². The van der Waals surface area contributed by atoms with Gasteiger partial charge < -0.3 is 19.1 Å². The van der Waals surface area contributed by atoms with Crippen molar-refractivity contribution in [2.45, 2.75) is 71.8 Å². The van der Waals surface area contributed by atoms with E-state index < -0.39 is 0 Å². The van der Waals surface area contributed by atoms with Crippen molar-refractivity contribution in [3.05, 3.63) is 69.3 Å². The van der Waals surface area contributed by atoms with Gasteiger partial charge in [0.15, 0.2) is 0 Å². The Balaban J connectivity index is 1.24. The zero-order valence-electron chi connectivity index (χ0n) is 23.3. The van der Waals surface area contributed by atoms with Crippen LogP contribution in [0.4, 0.5) is 0 Å². The van der Waals surface area contributed by atoms with E-state index in [9.17, 15) is 9.59 Å². The van der Waals surface area contributed by atoms with Gasteiger partial charge in [-0.3, -0.25) is 4.79 Å². The number of fused-ring (bicyclic) bond motifs is 3. The fraction of sp³-hybridized carbons (Fsp3) is 0.455. The van der Waals surface area contributed by atoms with Crippen LogP contribution in [0.2, 0.25) is 0 Å². The maximum absolute atomic E-state index is 13.1. The van der Waals surface area contributed by atoms with Gasteiger partial charge in [0.1, 0.15) is 16.9 Å². The predicted molar refractivity (Wildman–Crippen MR) is 155 cm³/mol. The smallest absolute Gasteiger partial charge is 0.339 e. The molecule has 0 radical (unpaired) electrons. The molecule has 0 bridgehead atoms. The van der Waals surface area contributed by atoms with Crippen LogP contribution < -0.4 is 10.9 Å². The van der Waals surface area contributed by atoms with Crippen molar-refractivity contribution < 1.29 is 13.6 Å². The third kappa shape index (κ3) is 4.80. The minimum atomic E-state index is -0.369. The summed E-state index contributed by atoms with van der Waals surface area (Å²) >= 11 is 0. The Bertz CT molecular complexity index is 1580. The topological polar surface area (TPSA) is 75.7 Å². The normalized spacial score (nSPS) is 19.9. The van der Waals surface area contributed by atoms with Crippen LogP contribution in [0.25, 0.3) is 33.1 Å².